The molecule has 7 heteroatoms. The van der Waals surface area contributed by atoms with Crippen LogP contribution in [0.25, 0.3) is 0 Å². The minimum atomic E-state index is -0.932. The maximum Gasteiger partial charge on any atom is 0.311 e. The Kier molecular flexibility index (Phi) is 5.26. The number of carbonyl (C=O) groups is 1. The Morgan fingerprint density at radius 2 is 2.19 bits per heavy atom. The zero-order valence-electron chi connectivity index (χ0n) is 12.7. The molecule has 0 heterocycles. The smallest absolute Gasteiger partial charge is 0.311 e. The Bertz CT molecular complexity index is 547. The molecule has 0 bridgehead atoms. The highest BCUT2D eigenvalue weighted by molar-refractivity contribution is 5.84. The van der Waals surface area contributed by atoms with Gasteiger partial charge in [-0.15, -0.1) is 0 Å². The van der Waals surface area contributed by atoms with Crippen molar-refractivity contribution in [2.75, 3.05) is 7.05 Å². The van der Waals surface area contributed by atoms with E-state index in [1.165, 1.54) is 6.07 Å². The second kappa shape index (κ2) is 6.53. The van der Waals surface area contributed by atoms with E-state index in [2.05, 4.69) is 5.32 Å². The number of nitrogens with zero attached hydrogens (tertiary/aromatic N) is 1. The van der Waals surface area contributed by atoms with E-state index in [9.17, 15) is 14.9 Å². The second-order valence-electron chi connectivity index (χ2n) is 5.31. The van der Waals surface area contributed by atoms with Crippen LogP contribution in [0.2, 0.25) is 0 Å². The van der Waals surface area contributed by atoms with Gasteiger partial charge >= 0.3 is 5.69 Å². The third kappa shape index (κ3) is 4.16. The Morgan fingerprint density at radius 3 is 2.67 bits per heavy atom. The molecular formula is C14H21N3O4. The molecule has 7 nitrogen and oxygen atoms in total. The lowest BCUT2D eigenvalue weighted by molar-refractivity contribution is -0.386. The number of carbonyl (C=O) groups excluding carboxylic acids is 1. The maximum atomic E-state index is 11.5. The predicted octanol–water partition coefficient (Wildman–Crippen LogP) is 1.52. The van der Waals surface area contributed by atoms with Gasteiger partial charge in [0.15, 0.2) is 5.75 Å². The lowest BCUT2D eigenvalue weighted by Crippen LogP contribution is -2.53. The topological polar surface area (TPSA) is 107 Å². The van der Waals surface area contributed by atoms with Crippen LogP contribution in [-0.2, 0) is 4.79 Å². The first-order valence-electron chi connectivity index (χ1n) is 6.60. The van der Waals surface area contributed by atoms with Crippen LogP contribution < -0.4 is 15.8 Å². The third-order valence-electron chi connectivity index (χ3n) is 3.43. The molecule has 0 radical (unpaired) electrons. The number of rotatable bonds is 7. The van der Waals surface area contributed by atoms with E-state index < -0.39 is 22.5 Å². The number of hydrogen-bond donors (Lipinski definition) is 2. The number of nitrogens with two attached hydrogens (primary N) is 1. The van der Waals surface area contributed by atoms with Crippen molar-refractivity contribution in [1.82, 2.24) is 5.32 Å². The predicted molar refractivity (Wildman–Crippen MR) is 79.2 cm³/mol. The lowest BCUT2D eigenvalue weighted by Gasteiger charge is -2.28. The van der Waals surface area contributed by atoms with E-state index in [1.54, 1.807) is 40.0 Å². The molecule has 0 saturated carbocycles. The van der Waals surface area contributed by atoms with Crippen LogP contribution in [0.3, 0.4) is 0 Å². The molecule has 0 aliphatic carbocycles. The summed E-state index contributed by atoms with van der Waals surface area (Å²) >= 11 is 0. The summed E-state index contributed by atoms with van der Waals surface area (Å²) in [7, 11) is 1.63. The van der Waals surface area contributed by atoms with E-state index in [4.69, 9.17) is 10.5 Å². The summed E-state index contributed by atoms with van der Waals surface area (Å²) < 4.78 is 5.62. The molecule has 0 fully saturated rings. The van der Waals surface area contributed by atoms with Crippen molar-refractivity contribution >= 4 is 11.6 Å². The van der Waals surface area contributed by atoms with Crippen LogP contribution in [-0.4, -0.2) is 29.5 Å². The number of primary amides is 1. The van der Waals surface area contributed by atoms with Gasteiger partial charge in [0.05, 0.1) is 16.6 Å². The van der Waals surface area contributed by atoms with Crippen molar-refractivity contribution in [3.63, 3.8) is 0 Å². The summed E-state index contributed by atoms with van der Waals surface area (Å²) in [5, 5.41) is 13.9. The lowest BCUT2D eigenvalue weighted by atomic mass is 9.94. The Balaban J connectivity index is 2.91. The summed E-state index contributed by atoms with van der Waals surface area (Å²) in [4.78, 5) is 22.0. The molecule has 1 aromatic rings. The van der Waals surface area contributed by atoms with Crippen LogP contribution in [0.1, 0.15) is 25.8 Å². The first-order valence-corrected chi connectivity index (χ1v) is 6.60. The average molecular weight is 295 g/mol. The van der Waals surface area contributed by atoms with Crippen LogP contribution in [0.15, 0.2) is 18.2 Å². The molecule has 2 unspecified atom stereocenters. The van der Waals surface area contributed by atoms with Gasteiger partial charge in [-0.3, -0.25) is 14.9 Å². The number of hydrogen-bond acceptors (Lipinski definition) is 5. The Morgan fingerprint density at radius 1 is 1.57 bits per heavy atom. The molecule has 0 aromatic heterocycles. The second-order valence-corrected chi connectivity index (χ2v) is 5.31. The molecule has 116 valence electrons. The molecule has 0 saturated heterocycles. The van der Waals surface area contributed by atoms with Crippen LogP contribution in [0, 0.1) is 17.0 Å². The first kappa shape index (κ1) is 16.9. The fourth-order valence-corrected chi connectivity index (χ4v) is 2.03. The van der Waals surface area contributed by atoms with E-state index in [1.807, 2.05) is 0 Å². The molecule has 2 atom stereocenters. The molecule has 3 N–H and O–H groups in total. The zero-order valence-corrected chi connectivity index (χ0v) is 12.7. The Hall–Kier alpha value is -2.15. The summed E-state index contributed by atoms with van der Waals surface area (Å²) in [6.45, 7) is 5.17. The number of amides is 1. The van der Waals surface area contributed by atoms with Gasteiger partial charge in [-0.2, -0.15) is 0 Å². The standard InChI is InChI=1S/C14H21N3O4/c1-9-5-6-12(11(7-9)17(19)20)21-10(2)8-14(3,16-4)13(15)18/h5-7,10,16H,8H2,1-4H3,(H2,15,18). The quantitative estimate of drug-likeness (QED) is 0.586. The van der Waals surface area contributed by atoms with E-state index in [-0.39, 0.29) is 11.4 Å². The molecule has 1 rings (SSSR count). The van der Waals surface area contributed by atoms with Gasteiger partial charge in [-0.05, 0) is 39.4 Å². The highest BCUT2D eigenvalue weighted by atomic mass is 16.6. The highest BCUT2D eigenvalue weighted by Gasteiger charge is 2.32. The third-order valence-corrected chi connectivity index (χ3v) is 3.43. The highest BCUT2D eigenvalue weighted by Crippen LogP contribution is 2.29. The largest absolute Gasteiger partial charge is 0.484 e. The fraction of sp³-hybridized carbons (Fsp3) is 0.500. The van der Waals surface area contributed by atoms with Crippen LogP contribution in [0.4, 0.5) is 5.69 Å². The van der Waals surface area contributed by atoms with Gasteiger partial charge in [0.2, 0.25) is 5.91 Å². The number of nitrogens with one attached hydrogen (secondary N) is 1. The summed E-state index contributed by atoms with van der Waals surface area (Å²) in [6.07, 6.45) is -0.125. The average Bonchev–Trinajstić information content (AvgIpc) is 2.40. The van der Waals surface area contributed by atoms with Crippen LogP contribution >= 0.6 is 0 Å². The van der Waals surface area contributed by atoms with E-state index >= 15 is 0 Å². The number of ether oxygens (including phenoxy) is 1. The SMILES string of the molecule is CNC(C)(CC(C)Oc1ccc(C)cc1[N+](=O)[O-])C(N)=O. The summed E-state index contributed by atoms with van der Waals surface area (Å²) in [6, 6.07) is 4.75. The Labute approximate surface area is 123 Å². The molecular weight excluding hydrogens is 274 g/mol. The minimum Gasteiger partial charge on any atom is -0.484 e. The van der Waals surface area contributed by atoms with Crippen molar-refractivity contribution < 1.29 is 14.5 Å². The summed E-state index contributed by atoms with van der Waals surface area (Å²) in [5.74, 6) is -0.320. The summed E-state index contributed by atoms with van der Waals surface area (Å²) in [5.41, 5.74) is 5.11. The molecule has 21 heavy (non-hydrogen) atoms. The van der Waals surface area contributed by atoms with Crippen LogP contribution in [0.5, 0.6) is 5.75 Å². The van der Waals surface area contributed by atoms with Gasteiger partial charge in [0, 0.05) is 12.5 Å². The molecule has 1 amide bonds. The van der Waals surface area contributed by atoms with Gasteiger partial charge in [0.25, 0.3) is 0 Å². The number of likely N-dealkylation sites (N-methyl/N-ethyl adjacent to an activating group) is 1. The number of benzene rings is 1. The van der Waals surface area contributed by atoms with Gasteiger partial charge in [0.1, 0.15) is 0 Å². The number of nitro groups is 1. The fourth-order valence-electron chi connectivity index (χ4n) is 2.03. The van der Waals surface area contributed by atoms with Crippen molar-refractivity contribution in [2.45, 2.75) is 38.8 Å². The van der Waals surface area contributed by atoms with Crippen molar-refractivity contribution in [1.29, 1.82) is 0 Å². The molecule has 0 aliphatic heterocycles. The van der Waals surface area contributed by atoms with Gasteiger partial charge in [-0.25, -0.2) is 0 Å². The number of nitro benzene ring substituents is 1. The zero-order chi connectivity index (χ0) is 16.2. The number of aryl methyl sites for hydroxylation is 1. The minimum absolute atomic E-state index is 0.0907. The van der Waals surface area contributed by atoms with Gasteiger partial charge < -0.3 is 15.8 Å². The normalized spacial score (nSPS) is 15.0. The van der Waals surface area contributed by atoms with Crippen molar-refractivity contribution in [3.05, 3.63) is 33.9 Å². The van der Waals surface area contributed by atoms with Gasteiger partial charge in [-0.1, -0.05) is 6.07 Å². The monoisotopic (exact) mass is 295 g/mol. The van der Waals surface area contributed by atoms with E-state index in [0.717, 1.165) is 5.56 Å². The molecule has 1 aromatic carbocycles. The van der Waals surface area contributed by atoms with Crippen molar-refractivity contribution in [3.8, 4) is 5.75 Å². The van der Waals surface area contributed by atoms with Crippen molar-refractivity contribution in [2.24, 2.45) is 5.73 Å². The molecule has 0 aliphatic rings. The molecule has 0 spiro atoms. The van der Waals surface area contributed by atoms with E-state index in [0.29, 0.717) is 6.42 Å². The first-order chi connectivity index (χ1) is 9.69. The maximum absolute atomic E-state index is 11.5.